The molecule has 0 aromatic heterocycles. The van der Waals surface area contributed by atoms with Crippen LogP contribution in [-0.4, -0.2) is 141 Å². The smallest absolute Gasteiger partial charge is 0.303 e. The lowest BCUT2D eigenvalue weighted by Crippen LogP contribution is -2.66. The fourth-order valence-corrected chi connectivity index (χ4v) is 12.1. The van der Waals surface area contributed by atoms with Gasteiger partial charge in [0.1, 0.15) is 5.75 Å². The molecule has 4 heterocycles. The van der Waals surface area contributed by atoms with Crippen molar-refractivity contribution >= 4 is 11.9 Å². The zero-order valence-corrected chi connectivity index (χ0v) is 44.6. The maximum absolute atomic E-state index is 13.8. The predicted molar refractivity (Wildman–Crippen MR) is 290 cm³/mol. The molecule has 15 nitrogen and oxygen atoms in total. The lowest BCUT2D eigenvalue weighted by molar-refractivity contribution is -0.140. The Labute approximate surface area is 448 Å². The molecule has 6 bridgehead atoms. The maximum atomic E-state index is 13.8. The van der Waals surface area contributed by atoms with Gasteiger partial charge in [-0.2, -0.15) is 0 Å². The van der Waals surface area contributed by atoms with Crippen molar-refractivity contribution in [2.45, 2.75) is 196 Å². The Morgan fingerprint density at radius 3 is 2.39 bits per heavy atom. The molecule has 7 rings (SSSR count). The average molecular weight is 1050 g/mol. The van der Waals surface area contributed by atoms with E-state index >= 15 is 0 Å². The summed E-state index contributed by atoms with van der Waals surface area (Å²) in [5, 5.41) is 132. The van der Waals surface area contributed by atoms with E-state index in [1.54, 1.807) is 31.2 Å². The normalized spacial score (nSPS) is 27.6. The fourth-order valence-electron chi connectivity index (χ4n) is 12.1. The van der Waals surface area contributed by atoms with E-state index in [2.05, 4.69) is 22.5 Å². The van der Waals surface area contributed by atoms with Gasteiger partial charge in [-0.1, -0.05) is 86.2 Å². The minimum Gasteiger partial charge on any atom is -0.508 e. The van der Waals surface area contributed by atoms with Crippen LogP contribution in [0.3, 0.4) is 0 Å². The fraction of sp³-hybridized carbons (Fsp3) is 0.574. The number of benzene rings is 3. The predicted octanol–water partition coefficient (Wildman–Crippen LogP) is 4.98. The first-order valence-corrected chi connectivity index (χ1v) is 27.5. The molecule has 0 saturated carbocycles. The second kappa shape index (κ2) is 28.1. The van der Waals surface area contributed by atoms with E-state index in [-0.39, 0.29) is 89.0 Å². The second-order valence-corrected chi connectivity index (χ2v) is 22.1. The summed E-state index contributed by atoms with van der Waals surface area (Å²) in [6, 6.07) is 16.3. The van der Waals surface area contributed by atoms with Crippen LogP contribution in [0.25, 0.3) is 0 Å². The summed E-state index contributed by atoms with van der Waals surface area (Å²) < 4.78 is 0. The van der Waals surface area contributed by atoms with Gasteiger partial charge in [-0.15, -0.1) is 0 Å². The van der Waals surface area contributed by atoms with Gasteiger partial charge in [0.2, 0.25) is 0 Å². The van der Waals surface area contributed by atoms with Crippen LogP contribution in [0.4, 0.5) is 0 Å². The second-order valence-electron chi connectivity index (χ2n) is 22.1. The number of rotatable bonds is 19. The number of aliphatic carboxylic acids is 2. The third-order valence-electron chi connectivity index (χ3n) is 16.4. The molecule has 76 heavy (non-hydrogen) atoms. The van der Waals surface area contributed by atoms with E-state index in [0.717, 1.165) is 17.5 Å². The number of hydrogen-bond donors (Lipinski definition) is 13. The van der Waals surface area contributed by atoms with E-state index in [1.165, 1.54) is 6.07 Å². The van der Waals surface area contributed by atoms with Crippen molar-refractivity contribution in [2.75, 3.05) is 13.2 Å². The number of aliphatic hydroxyl groups is 8. The number of fused-ring (bicyclic) bond motifs is 6. The topological polar surface area (TPSA) is 281 Å². The summed E-state index contributed by atoms with van der Waals surface area (Å²) in [6.07, 6.45) is 0.981. The molecule has 15 heteroatoms. The quantitative estimate of drug-likeness (QED) is 0.0706. The van der Waals surface area contributed by atoms with Crippen LogP contribution in [0, 0.1) is 23.7 Å². The van der Waals surface area contributed by atoms with Gasteiger partial charge in [0, 0.05) is 49.6 Å². The van der Waals surface area contributed by atoms with Gasteiger partial charge >= 0.3 is 11.9 Å². The summed E-state index contributed by atoms with van der Waals surface area (Å²) in [4.78, 5) is 25.1. The molecular formula is C61H84N2O13. The van der Waals surface area contributed by atoms with Crippen LogP contribution >= 0.6 is 0 Å². The maximum Gasteiger partial charge on any atom is 0.303 e. The van der Waals surface area contributed by atoms with Gasteiger partial charge in [0.05, 0.1) is 54.7 Å². The summed E-state index contributed by atoms with van der Waals surface area (Å²) in [7, 11) is 0. The number of aryl methyl sites for hydroxylation is 2. The number of allylic oxidation sites excluding steroid dienone is 2. The van der Waals surface area contributed by atoms with E-state index < -0.39 is 84.1 Å². The number of unbranched alkanes of at least 4 members (excludes halogenated alkanes) is 1. The van der Waals surface area contributed by atoms with Gasteiger partial charge < -0.3 is 66.8 Å². The van der Waals surface area contributed by atoms with Crippen molar-refractivity contribution in [3.05, 3.63) is 123 Å². The van der Waals surface area contributed by atoms with Crippen LogP contribution in [0.15, 0.2) is 84.0 Å². The molecule has 12 atom stereocenters. The molecule has 13 N–H and O–H groups in total. The minimum atomic E-state index is -1.79. The molecule has 0 unspecified atom stereocenters. The third-order valence-corrected chi connectivity index (χ3v) is 16.4. The number of hydrogen-bond acceptors (Lipinski definition) is 13. The highest BCUT2D eigenvalue weighted by molar-refractivity contribution is 5.67. The third kappa shape index (κ3) is 16.1. The van der Waals surface area contributed by atoms with E-state index in [0.29, 0.717) is 77.5 Å². The summed E-state index contributed by atoms with van der Waals surface area (Å²) in [5.41, 5.74) is 2.88. The molecule has 0 spiro atoms. The molecule has 1 saturated heterocycles. The van der Waals surface area contributed by atoms with Gasteiger partial charge in [-0.05, 0) is 165 Å². The number of nitrogens with one attached hydrogen (secondary N) is 2. The van der Waals surface area contributed by atoms with Crippen molar-refractivity contribution in [3.63, 3.8) is 0 Å². The van der Waals surface area contributed by atoms with Crippen molar-refractivity contribution in [1.82, 2.24) is 10.6 Å². The van der Waals surface area contributed by atoms with Gasteiger partial charge in [-0.3, -0.25) is 9.59 Å². The SMILES string of the molecule is CCCC[C@H](O)[C@H](O)/C=C/C1=C(\C[C@H](O)CO)[C@@H]2CC[C@@H](O)[C@@H]3N[C@@H](C)CC[C@@H]([C@H]3CC(=O)O)[C@H](O)Cc3ccc(cc3CCC(=O)O)C[C@]([C@@](C)(O)Cc3ccc(O)cc3CCO)(CC#Cc3ccccc3CC1)N2. The van der Waals surface area contributed by atoms with Crippen LogP contribution < -0.4 is 10.6 Å². The lowest BCUT2D eigenvalue weighted by Gasteiger charge is -2.49. The van der Waals surface area contributed by atoms with Crippen molar-refractivity contribution in [2.24, 2.45) is 11.8 Å². The Kier molecular flexibility index (Phi) is 22.3. The first kappa shape index (κ1) is 60.3. The molecular weight excluding hydrogens is 969 g/mol. The Morgan fingerprint density at radius 1 is 0.895 bits per heavy atom. The number of phenols is 1. The lowest BCUT2D eigenvalue weighted by atomic mass is 9.69. The van der Waals surface area contributed by atoms with Crippen LogP contribution in [-0.2, 0) is 48.1 Å². The van der Waals surface area contributed by atoms with Crippen LogP contribution in [0.5, 0.6) is 5.75 Å². The van der Waals surface area contributed by atoms with Gasteiger partial charge in [-0.25, -0.2) is 0 Å². The molecule has 0 amide bonds. The largest absolute Gasteiger partial charge is 0.508 e. The van der Waals surface area contributed by atoms with Gasteiger partial charge in [0.25, 0.3) is 0 Å². The molecule has 4 aliphatic heterocycles. The number of phenolic OH excluding ortho intramolecular Hbond substituents is 1. The first-order valence-electron chi connectivity index (χ1n) is 27.5. The van der Waals surface area contributed by atoms with Gasteiger partial charge in [0.15, 0.2) is 0 Å². The van der Waals surface area contributed by atoms with Crippen molar-refractivity contribution < 1.29 is 65.8 Å². The molecule has 3 aromatic carbocycles. The van der Waals surface area contributed by atoms with E-state index in [9.17, 15) is 65.8 Å². The Morgan fingerprint density at radius 2 is 1.67 bits per heavy atom. The van der Waals surface area contributed by atoms with Crippen LogP contribution in [0.1, 0.15) is 137 Å². The Balaban J connectivity index is 1.71. The number of carboxylic acids is 2. The zero-order chi connectivity index (χ0) is 55.2. The number of carboxylic acid groups (broad SMARTS) is 2. The van der Waals surface area contributed by atoms with E-state index in [1.807, 2.05) is 56.3 Å². The highest BCUT2D eigenvalue weighted by Gasteiger charge is 2.49. The average Bonchev–Trinajstić information content (AvgIpc) is 3.54. The molecule has 0 aliphatic carbocycles. The minimum absolute atomic E-state index is 0.0148. The standard InChI is InChI=1S/C61H84N2O13/c1-4-5-12-53(68)54(69)24-19-42-17-16-41-10-7-6-9-40(41)11-8-28-61(60(3,76)36-46-18-21-47(66)31-45(46)27-29-64)35-39-14-15-44(43(30-39)20-26-57(72)73)32-56(71)49-22-13-38(2)62-59(51(49)34-58(74)75)55(70)25-23-52(63-61)50(42)33-48(67)37-65/h6-7,9-10,14-15,18-19,21,24,30-31,38,48-49,51-56,59,62-71,76H,4-5,12-13,16-17,20,22-23,25-29,32-37H2,1-3H3,(H,72,73)(H,74,75)/b24-19+,50-42+/t38-,48-,49-,51+,52-,53-,54+,55+,56+,59+,60-,61-/m0/s1. The molecule has 4 aliphatic rings. The number of aromatic hydroxyl groups is 1. The van der Waals surface area contributed by atoms with Crippen molar-refractivity contribution in [1.29, 1.82) is 0 Å². The molecule has 3 aromatic rings. The monoisotopic (exact) mass is 1050 g/mol. The molecule has 0 radical (unpaired) electrons. The number of carbonyl (C=O) groups is 2. The highest BCUT2D eigenvalue weighted by atomic mass is 16.4. The van der Waals surface area contributed by atoms with Crippen molar-refractivity contribution in [3.8, 4) is 17.6 Å². The molecule has 1 fully saturated rings. The Bertz CT molecular complexity index is 2530. The first-order chi connectivity index (χ1) is 36.3. The molecule has 416 valence electrons. The summed E-state index contributed by atoms with van der Waals surface area (Å²) in [6.45, 7) is 4.81. The number of aliphatic hydroxyl groups excluding tert-OH is 7. The highest BCUT2D eigenvalue weighted by Crippen LogP contribution is 2.41. The zero-order valence-electron chi connectivity index (χ0n) is 44.6. The Hall–Kier alpha value is -4.96. The van der Waals surface area contributed by atoms with E-state index in [4.69, 9.17) is 0 Å². The summed E-state index contributed by atoms with van der Waals surface area (Å²) in [5.74, 6) is 3.44. The summed E-state index contributed by atoms with van der Waals surface area (Å²) >= 11 is 0. The van der Waals surface area contributed by atoms with Crippen LogP contribution in [0.2, 0.25) is 0 Å².